The van der Waals surface area contributed by atoms with Crippen molar-refractivity contribution in [2.75, 3.05) is 52.9 Å². The van der Waals surface area contributed by atoms with Gasteiger partial charge in [-0.1, -0.05) is 0 Å². The van der Waals surface area contributed by atoms with E-state index < -0.39 is 310 Å². The molecule has 8 fully saturated rings. The highest BCUT2D eigenvalue weighted by molar-refractivity contribution is 5.73. The summed E-state index contributed by atoms with van der Waals surface area (Å²) in [7, 11) is 0. The summed E-state index contributed by atoms with van der Waals surface area (Å²) in [5, 5.41) is 267. The van der Waals surface area contributed by atoms with Gasteiger partial charge in [-0.2, -0.15) is 0 Å². The number of hydrogen-bond acceptors (Lipinski definition) is 41. The molecule has 8 rings (SSSR count). The van der Waals surface area contributed by atoms with Crippen molar-refractivity contribution in [2.45, 2.75) is 259 Å². The van der Waals surface area contributed by atoms with Gasteiger partial charge in [0.15, 0.2) is 50.3 Å². The molecule has 40 atom stereocenters. The fourth-order valence-electron chi connectivity index (χ4n) is 12.1. The molecule has 43 nitrogen and oxygen atoms in total. The van der Waals surface area contributed by atoms with Gasteiger partial charge in [-0.3, -0.25) is 9.59 Å². The maximum absolute atomic E-state index is 12.8. The summed E-state index contributed by atoms with van der Waals surface area (Å²) in [5.41, 5.74) is 0. The zero-order valence-corrected chi connectivity index (χ0v) is 50.4. The fourth-order valence-corrected chi connectivity index (χ4v) is 12.1. The Balaban J connectivity index is 1.11. The fraction of sp³-hybridized carbons (Fsp3) is 0.962. The molecule has 8 aliphatic rings. The van der Waals surface area contributed by atoms with E-state index >= 15 is 0 Å². The highest BCUT2D eigenvalue weighted by atomic mass is 16.8. The molecular weight excluding hydrogens is 1310 g/mol. The normalized spacial score (nSPS) is 50.8. The Hall–Kier alpha value is -2.62. The zero-order chi connectivity index (χ0) is 69.9. The van der Waals surface area contributed by atoms with Crippen molar-refractivity contribution in [3.05, 3.63) is 0 Å². The van der Waals surface area contributed by atoms with Crippen molar-refractivity contribution in [1.82, 2.24) is 10.6 Å². The molecule has 26 N–H and O–H groups in total. The van der Waals surface area contributed by atoms with E-state index in [0.717, 1.165) is 13.8 Å². The van der Waals surface area contributed by atoms with Crippen molar-refractivity contribution in [3.63, 3.8) is 0 Å². The monoisotopic (exact) mass is 1400 g/mol. The summed E-state index contributed by atoms with van der Waals surface area (Å²) < 4.78 is 87.2. The van der Waals surface area contributed by atoms with Crippen LogP contribution in [0.5, 0.6) is 0 Å². The lowest BCUT2D eigenvalue weighted by molar-refractivity contribution is -0.414. The van der Waals surface area contributed by atoms with Gasteiger partial charge < -0.3 is 204 Å². The smallest absolute Gasteiger partial charge is 0.217 e. The van der Waals surface area contributed by atoms with Crippen LogP contribution in [0.3, 0.4) is 0 Å². The third-order valence-electron chi connectivity index (χ3n) is 17.4. The van der Waals surface area contributed by atoms with Crippen LogP contribution in [-0.4, -0.2) is 433 Å². The van der Waals surface area contributed by atoms with Crippen LogP contribution in [0.4, 0.5) is 0 Å². The van der Waals surface area contributed by atoms with Crippen LogP contribution >= 0.6 is 0 Å². The van der Waals surface area contributed by atoms with Crippen molar-refractivity contribution >= 4 is 11.8 Å². The summed E-state index contributed by atoms with van der Waals surface area (Å²) in [6.07, 6.45) is -79.1. The molecule has 0 aliphatic carbocycles. The molecule has 1 unspecified atom stereocenters. The molecule has 2 amide bonds. The number of carbonyl (C=O) groups is 2. The zero-order valence-electron chi connectivity index (χ0n) is 50.4. The van der Waals surface area contributed by atoms with E-state index in [0.29, 0.717) is 0 Å². The van der Waals surface area contributed by atoms with Gasteiger partial charge >= 0.3 is 0 Å². The van der Waals surface area contributed by atoms with Gasteiger partial charge in [-0.25, -0.2) is 0 Å². The van der Waals surface area contributed by atoms with E-state index in [4.69, 9.17) is 71.1 Å². The molecule has 0 bridgehead atoms. The van der Waals surface area contributed by atoms with E-state index in [1.807, 2.05) is 0 Å². The van der Waals surface area contributed by atoms with Crippen LogP contribution in [0.1, 0.15) is 13.8 Å². The number of carbonyl (C=O) groups excluding carboxylic acids is 2. The molecule has 0 spiro atoms. The molecule has 0 radical (unpaired) electrons. The summed E-state index contributed by atoms with van der Waals surface area (Å²) in [6.45, 7) is -6.44. The molecular formula is C52H88N2O41. The van der Waals surface area contributed by atoms with Crippen molar-refractivity contribution in [3.8, 4) is 0 Å². The number of aliphatic hydroxyl groups excluding tert-OH is 24. The van der Waals surface area contributed by atoms with Gasteiger partial charge in [0, 0.05) is 13.8 Å². The van der Waals surface area contributed by atoms with Gasteiger partial charge in [0.1, 0.15) is 195 Å². The molecule has 8 aliphatic heterocycles. The number of rotatable bonds is 24. The van der Waals surface area contributed by atoms with Crippen LogP contribution < -0.4 is 10.6 Å². The van der Waals surface area contributed by atoms with Crippen LogP contribution in [0.2, 0.25) is 0 Å². The topological polar surface area (TPSA) is 682 Å². The maximum atomic E-state index is 12.8. The summed E-state index contributed by atoms with van der Waals surface area (Å²) >= 11 is 0. The van der Waals surface area contributed by atoms with Crippen LogP contribution in [0.25, 0.3) is 0 Å². The first kappa shape index (κ1) is 78.1. The number of hydrogen-bond donors (Lipinski definition) is 26. The molecule has 0 aromatic heterocycles. The first-order valence-corrected chi connectivity index (χ1v) is 30.1. The third kappa shape index (κ3) is 16.8. The molecule has 95 heavy (non-hydrogen) atoms. The second-order valence-electron chi connectivity index (χ2n) is 23.9. The minimum absolute atomic E-state index is 0.760. The quantitative estimate of drug-likeness (QED) is 0.0427. The summed E-state index contributed by atoms with van der Waals surface area (Å²) in [6, 6.07) is -3.46. The SMILES string of the molecule is CC(=O)N[C@H]1[C@H](O[C@H]2[C@H](O)[C@@H](NC(C)=O)C(O)O[C@@H]2CO)O[C@H](CO)[C@@H](O[C@@H]2O[C@H](CO[C@H]3O[C@H](CO)[C@@H](O)[C@H](O)[C@@H]3O)[C@@H](O)[C@H](O[C@H]3O[C@H](CO)[C@@H](O)[C@H](O)[C@@H]3O[C@H]3O[C@H](CO)[C@@H](O)[C@H](O)[C@@H]3O[C@H]3O[C@H](CO)[C@@H](O)[C@H](O)[C@@H]3O[C@H]3O[C@H](CO)[C@@H](O)[C@H](O)[C@@H]3O)[C@@H]2O)[C@@H]1O. The molecule has 8 saturated heterocycles. The maximum Gasteiger partial charge on any atom is 0.217 e. The Morgan fingerprint density at radius 3 is 0.989 bits per heavy atom. The lowest BCUT2D eigenvalue weighted by Crippen LogP contribution is -2.70. The predicted molar refractivity (Wildman–Crippen MR) is 288 cm³/mol. The van der Waals surface area contributed by atoms with Gasteiger partial charge in [0.2, 0.25) is 11.8 Å². The third-order valence-corrected chi connectivity index (χ3v) is 17.4. The van der Waals surface area contributed by atoms with E-state index in [9.17, 15) is 132 Å². The largest absolute Gasteiger partial charge is 0.394 e. The molecule has 8 heterocycles. The average Bonchev–Trinajstić information content (AvgIpc) is 0.773. The van der Waals surface area contributed by atoms with Crippen LogP contribution in [-0.2, 0) is 80.6 Å². The van der Waals surface area contributed by atoms with Gasteiger partial charge in [0.25, 0.3) is 0 Å². The van der Waals surface area contributed by atoms with Crippen LogP contribution in [0, 0.1) is 0 Å². The van der Waals surface area contributed by atoms with Crippen molar-refractivity contribution in [2.24, 2.45) is 0 Å². The van der Waals surface area contributed by atoms with E-state index in [1.165, 1.54) is 0 Å². The number of nitrogens with one attached hydrogen (secondary N) is 2. The van der Waals surface area contributed by atoms with E-state index in [2.05, 4.69) is 10.6 Å². The molecule has 0 saturated carbocycles. The van der Waals surface area contributed by atoms with Crippen molar-refractivity contribution < 1.29 is 203 Å². The number of ether oxygens (including phenoxy) is 15. The Bertz CT molecular complexity index is 2380. The minimum atomic E-state index is -2.49. The molecule has 0 aromatic carbocycles. The van der Waals surface area contributed by atoms with Gasteiger partial charge in [0.05, 0.1) is 52.9 Å². The Morgan fingerprint density at radius 2 is 0.568 bits per heavy atom. The second-order valence-corrected chi connectivity index (χ2v) is 23.9. The first-order chi connectivity index (χ1) is 45.0. The average molecular weight is 1400 g/mol. The number of aliphatic hydroxyl groups is 24. The second kappa shape index (κ2) is 33.9. The molecule has 552 valence electrons. The van der Waals surface area contributed by atoms with Gasteiger partial charge in [-0.05, 0) is 0 Å². The highest BCUT2D eigenvalue weighted by Gasteiger charge is 2.60. The molecule has 43 heteroatoms. The predicted octanol–water partition coefficient (Wildman–Crippen LogP) is -18.2. The molecule has 0 aromatic rings. The standard InChI is InChI=1S/C52H88N2O41/c1-11(62)53-21-29(70)39(18(8-60)82-45(21)80)90-46-22(54-12(2)63)30(71)40(19(9-61)88-46)91-49-38(79)41(28(69)20(89-49)10-81-47-36(77)31(72)23(64)13(3-55)83-47)92-50-43(34(75)26(67)15(5-57)85-50)94-52-44(35(76)27(68)17(7-59)87-52)95-51-42(33(74)25(66)16(6-58)86-51)93-48-37(78)32(73)24(65)14(4-56)84-48/h13-52,55-61,64-80H,3-10H2,1-2H3,(H,53,62)(H,54,63)/t13-,14-,15-,16-,17-,18-,19-,20-,21-,22-,23-,24-,25-,26-,27-,28-,29-,30-,31+,32+,33+,34+,35+,36+,37+,38+,39-,40-,41+,42+,43+,44+,45?,46+,47+,48-,49+,50-,51-,52-/m1/s1. The van der Waals surface area contributed by atoms with Crippen molar-refractivity contribution in [1.29, 1.82) is 0 Å². The van der Waals surface area contributed by atoms with Gasteiger partial charge in [-0.15, -0.1) is 0 Å². The number of amides is 2. The first-order valence-electron chi connectivity index (χ1n) is 30.1. The Kier molecular flexibility index (Phi) is 27.9. The Labute approximate surface area is 536 Å². The lowest BCUT2D eigenvalue weighted by Gasteiger charge is -2.51. The van der Waals surface area contributed by atoms with Crippen LogP contribution in [0.15, 0.2) is 0 Å². The van der Waals surface area contributed by atoms with E-state index in [1.54, 1.807) is 0 Å². The Morgan fingerprint density at radius 1 is 0.274 bits per heavy atom. The summed E-state index contributed by atoms with van der Waals surface area (Å²) in [4.78, 5) is 24.8. The summed E-state index contributed by atoms with van der Waals surface area (Å²) in [5.74, 6) is -1.66. The lowest BCUT2D eigenvalue weighted by atomic mass is 9.94. The highest BCUT2D eigenvalue weighted by Crippen LogP contribution is 2.39. The van der Waals surface area contributed by atoms with E-state index in [-0.39, 0.29) is 0 Å². The minimum Gasteiger partial charge on any atom is -0.394 e.